The molecule has 0 heterocycles. The zero-order valence-corrected chi connectivity index (χ0v) is 14.4. The van der Waals surface area contributed by atoms with Gasteiger partial charge in [0, 0.05) is 29.1 Å². The molecule has 4 nitrogen and oxygen atoms in total. The number of rotatable bonds is 5. The van der Waals surface area contributed by atoms with Gasteiger partial charge in [-0.05, 0) is 36.1 Å². The largest absolute Gasteiger partial charge is 0.496 e. The third kappa shape index (κ3) is 3.07. The summed E-state index contributed by atoms with van der Waals surface area (Å²) in [6.45, 7) is 11.2. The maximum atomic E-state index is 6.16. The Morgan fingerprint density at radius 3 is 2.77 bits per heavy atom. The molecule has 0 saturated heterocycles. The Labute approximate surface area is 137 Å². The van der Waals surface area contributed by atoms with Crippen LogP contribution in [-0.2, 0) is 0 Å². The number of nitrogens with one attached hydrogen (secondary N) is 1. The molecule has 1 aromatic carbocycles. The second-order valence-corrected chi connectivity index (χ2v) is 6.61. The van der Waals surface area contributed by atoms with Gasteiger partial charge < -0.3 is 15.8 Å². The highest BCUT2D eigenvalue weighted by Crippen LogP contribution is 2.68. The van der Waals surface area contributed by atoms with Gasteiger partial charge in [0.1, 0.15) is 5.75 Å². The second-order valence-electron chi connectivity index (χ2n) is 6.17. The molecule has 0 aromatic heterocycles. The van der Waals surface area contributed by atoms with E-state index in [2.05, 4.69) is 30.7 Å². The van der Waals surface area contributed by atoms with Crippen LogP contribution in [0.4, 0.5) is 0 Å². The van der Waals surface area contributed by atoms with E-state index in [4.69, 9.17) is 22.1 Å². The highest BCUT2D eigenvalue weighted by atomic mass is 35.5. The van der Waals surface area contributed by atoms with Crippen LogP contribution in [0, 0.1) is 11.3 Å². The van der Waals surface area contributed by atoms with Crippen LogP contribution in [0.25, 0.3) is 0 Å². The average Bonchev–Trinajstić information content (AvgIpc) is 3.01. The van der Waals surface area contributed by atoms with Crippen molar-refractivity contribution in [2.24, 2.45) is 22.1 Å². The fraction of sp³-hybridized carbons (Fsp3) is 0.471. The van der Waals surface area contributed by atoms with Crippen LogP contribution >= 0.6 is 11.6 Å². The van der Waals surface area contributed by atoms with Crippen LogP contribution in [0.5, 0.6) is 5.75 Å². The highest BCUT2D eigenvalue weighted by Gasteiger charge is 2.60. The molecule has 1 fully saturated rings. The van der Waals surface area contributed by atoms with Crippen LogP contribution in [0.1, 0.15) is 32.3 Å². The molecule has 1 aromatic rings. The summed E-state index contributed by atoms with van der Waals surface area (Å²) in [5, 5.41) is 3.82. The fourth-order valence-corrected chi connectivity index (χ4v) is 3.45. The fourth-order valence-electron chi connectivity index (χ4n) is 3.27. The summed E-state index contributed by atoms with van der Waals surface area (Å²) in [6, 6.07) is 5.73. The van der Waals surface area contributed by atoms with Crippen molar-refractivity contribution in [2.75, 3.05) is 13.7 Å². The molecular formula is C17H24ClN3O. The van der Waals surface area contributed by atoms with Crippen molar-refractivity contribution in [1.82, 2.24) is 5.32 Å². The number of halogens is 1. The lowest BCUT2D eigenvalue weighted by Crippen LogP contribution is -2.32. The summed E-state index contributed by atoms with van der Waals surface area (Å²) in [5.74, 6) is 1.81. The number of nitrogens with two attached hydrogens (primary N) is 1. The van der Waals surface area contributed by atoms with E-state index in [1.807, 2.05) is 25.1 Å². The van der Waals surface area contributed by atoms with Crippen molar-refractivity contribution >= 4 is 17.6 Å². The van der Waals surface area contributed by atoms with Crippen molar-refractivity contribution in [3.63, 3.8) is 0 Å². The smallest absolute Gasteiger partial charge is 0.192 e. The van der Waals surface area contributed by atoms with E-state index >= 15 is 0 Å². The first-order valence-corrected chi connectivity index (χ1v) is 7.79. The Balaban J connectivity index is 2.25. The molecule has 2 rings (SSSR count). The molecule has 2 atom stereocenters. The number of benzene rings is 1. The van der Waals surface area contributed by atoms with Gasteiger partial charge in [-0.3, -0.25) is 4.99 Å². The number of guanidine groups is 1. The molecule has 1 saturated carbocycles. The minimum absolute atomic E-state index is 0.0640. The van der Waals surface area contributed by atoms with E-state index in [-0.39, 0.29) is 17.3 Å². The molecule has 0 radical (unpaired) electrons. The van der Waals surface area contributed by atoms with E-state index in [0.717, 1.165) is 17.0 Å². The number of hydrogen-bond donors (Lipinski definition) is 2. The van der Waals surface area contributed by atoms with Gasteiger partial charge in [-0.1, -0.05) is 32.0 Å². The number of aliphatic imine (C=N–C) groups is 1. The minimum atomic E-state index is 0.0640. The lowest BCUT2D eigenvalue weighted by Gasteiger charge is -2.11. The van der Waals surface area contributed by atoms with Gasteiger partial charge in [-0.25, -0.2) is 0 Å². The molecule has 5 heteroatoms. The molecule has 22 heavy (non-hydrogen) atoms. The summed E-state index contributed by atoms with van der Waals surface area (Å²) in [4.78, 5) is 4.14. The van der Waals surface area contributed by atoms with Gasteiger partial charge in [0.25, 0.3) is 0 Å². The Bertz CT molecular complexity index is 610. The van der Waals surface area contributed by atoms with E-state index in [0.29, 0.717) is 17.5 Å². The molecule has 3 N–H and O–H groups in total. The van der Waals surface area contributed by atoms with Gasteiger partial charge in [0.2, 0.25) is 0 Å². The predicted octanol–water partition coefficient (Wildman–Crippen LogP) is 3.53. The molecule has 0 unspecified atom stereocenters. The quantitative estimate of drug-likeness (QED) is 0.644. The van der Waals surface area contributed by atoms with Crippen molar-refractivity contribution in [3.05, 3.63) is 41.1 Å². The number of hydrogen-bond acceptors (Lipinski definition) is 2. The second kappa shape index (κ2) is 6.21. The topological polar surface area (TPSA) is 59.6 Å². The summed E-state index contributed by atoms with van der Waals surface area (Å²) >= 11 is 6.16. The van der Waals surface area contributed by atoms with E-state index in [1.165, 1.54) is 0 Å². The van der Waals surface area contributed by atoms with Gasteiger partial charge in [0.15, 0.2) is 5.96 Å². The van der Waals surface area contributed by atoms with Crippen molar-refractivity contribution in [2.45, 2.75) is 26.7 Å². The molecule has 0 bridgehead atoms. The molecule has 0 aliphatic heterocycles. The lowest BCUT2D eigenvalue weighted by atomic mass is 10.0. The normalized spacial score (nSPS) is 23.0. The molecule has 0 spiro atoms. The highest BCUT2D eigenvalue weighted by molar-refractivity contribution is 6.30. The average molecular weight is 322 g/mol. The lowest BCUT2D eigenvalue weighted by molar-refractivity contribution is 0.407. The molecule has 0 amide bonds. The Hall–Kier alpha value is -1.68. The number of allylic oxidation sites excluding steroid dienone is 1. The first-order chi connectivity index (χ1) is 10.3. The van der Waals surface area contributed by atoms with Crippen LogP contribution in [0.3, 0.4) is 0 Å². The van der Waals surface area contributed by atoms with Crippen LogP contribution in [0.2, 0.25) is 5.02 Å². The van der Waals surface area contributed by atoms with Gasteiger partial charge >= 0.3 is 0 Å². The Kier molecular flexibility index (Phi) is 4.71. The van der Waals surface area contributed by atoms with Gasteiger partial charge in [0.05, 0.1) is 7.11 Å². The van der Waals surface area contributed by atoms with Crippen molar-refractivity contribution in [3.8, 4) is 5.75 Å². The third-order valence-electron chi connectivity index (χ3n) is 4.35. The first-order valence-electron chi connectivity index (χ1n) is 7.42. The molecule has 1 aliphatic carbocycles. The van der Waals surface area contributed by atoms with E-state index in [9.17, 15) is 0 Å². The number of methoxy groups -OCH3 is 1. The molecule has 1 aliphatic rings. The summed E-state index contributed by atoms with van der Waals surface area (Å²) in [7, 11) is 1.68. The van der Waals surface area contributed by atoms with Crippen LogP contribution in [0.15, 0.2) is 35.5 Å². The first kappa shape index (κ1) is 16.7. The minimum Gasteiger partial charge on any atom is -0.496 e. The molecule has 120 valence electrons. The Morgan fingerprint density at radius 2 is 2.18 bits per heavy atom. The molecular weight excluding hydrogens is 298 g/mol. The summed E-state index contributed by atoms with van der Waals surface area (Å²) < 4.78 is 5.49. The maximum absolute atomic E-state index is 6.16. The maximum Gasteiger partial charge on any atom is 0.192 e. The van der Waals surface area contributed by atoms with E-state index in [1.54, 1.807) is 7.11 Å². The SMILES string of the molecule is C=C(NC(N)=NCC)[C@H]1[C@H](c2cc(Cl)ccc2OC)C1(C)C. The number of nitrogens with zero attached hydrogens (tertiary/aromatic N) is 1. The number of ether oxygens (including phenoxy) is 1. The zero-order chi connectivity index (χ0) is 16.5. The zero-order valence-electron chi connectivity index (χ0n) is 13.6. The third-order valence-corrected chi connectivity index (χ3v) is 4.58. The van der Waals surface area contributed by atoms with Crippen LogP contribution in [-0.4, -0.2) is 19.6 Å². The van der Waals surface area contributed by atoms with Crippen LogP contribution < -0.4 is 15.8 Å². The van der Waals surface area contributed by atoms with Gasteiger partial charge in [-0.15, -0.1) is 0 Å². The van der Waals surface area contributed by atoms with Gasteiger partial charge in [-0.2, -0.15) is 0 Å². The van der Waals surface area contributed by atoms with E-state index < -0.39 is 0 Å². The monoisotopic (exact) mass is 321 g/mol. The summed E-state index contributed by atoms with van der Waals surface area (Å²) in [5.41, 5.74) is 7.89. The predicted molar refractivity (Wildman–Crippen MR) is 92.5 cm³/mol. The van der Waals surface area contributed by atoms with Crippen molar-refractivity contribution < 1.29 is 4.74 Å². The standard InChI is InChI=1S/C17H24ClN3O/c1-6-20-16(19)21-10(2)14-15(17(14,3)4)12-9-11(18)7-8-13(12)22-5/h7-9,14-15H,2,6H2,1,3-5H3,(H3,19,20,21)/t14-,15-/m0/s1. The summed E-state index contributed by atoms with van der Waals surface area (Å²) in [6.07, 6.45) is 0. The Morgan fingerprint density at radius 1 is 1.50 bits per heavy atom. The van der Waals surface area contributed by atoms with Crippen molar-refractivity contribution in [1.29, 1.82) is 0 Å².